The summed E-state index contributed by atoms with van der Waals surface area (Å²) in [5.74, 6) is 2.21. The van der Waals surface area contributed by atoms with Gasteiger partial charge in [0, 0.05) is 21.7 Å². The monoisotopic (exact) mass is 476 g/mol. The molecule has 1 heterocycles. The van der Waals surface area contributed by atoms with E-state index >= 15 is 0 Å². The average Bonchev–Trinajstić information content (AvgIpc) is 2.70. The Hall–Kier alpha value is -2.81. The molecule has 1 N–H and O–H groups in total. The summed E-state index contributed by atoms with van der Waals surface area (Å²) >= 11 is 2.10. The molecule has 0 bridgehead atoms. The van der Waals surface area contributed by atoms with Crippen LogP contribution in [0.4, 0.5) is 5.69 Å². The second-order valence-corrected chi connectivity index (χ2v) is 6.61. The standard InChI is InChI=1S/C20H17IN2O4/c1-25-18-11-16(17(21)12-19(18)26-2)20(24)23-13-3-5-14(6-4-13)27-15-7-9-22-10-8-15/h3-12H,1-2H3,(H,23,24). The molecule has 0 spiro atoms. The molecule has 1 aromatic heterocycles. The number of nitrogens with one attached hydrogen (secondary N) is 1. The molecule has 2 aromatic carbocycles. The maximum Gasteiger partial charge on any atom is 0.256 e. The molecule has 0 fully saturated rings. The molecule has 0 atom stereocenters. The number of halogens is 1. The highest BCUT2D eigenvalue weighted by Crippen LogP contribution is 2.32. The van der Waals surface area contributed by atoms with Gasteiger partial charge in [0.1, 0.15) is 11.5 Å². The van der Waals surface area contributed by atoms with Crippen molar-refractivity contribution in [3.63, 3.8) is 0 Å². The van der Waals surface area contributed by atoms with Crippen molar-refractivity contribution < 1.29 is 19.0 Å². The van der Waals surface area contributed by atoms with Crippen LogP contribution >= 0.6 is 22.6 Å². The van der Waals surface area contributed by atoms with E-state index < -0.39 is 0 Å². The fourth-order valence-electron chi connectivity index (χ4n) is 2.38. The molecule has 27 heavy (non-hydrogen) atoms. The van der Waals surface area contributed by atoms with Crippen LogP contribution in [-0.4, -0.2) is 25.1 Å². The first-order valence-corrected chi connectivity index (χ1v) is 9.09. The first kappa shape index (κ1) is 19.0. The number of hydrogen-bond donors (Lipinski definition) is 1. The highest BCUT2D eigenvalue weighted by atomic mass is 127. The Morgan fingerprint density at radius 1 is 0.926 bits per heavy atom. The summed E-state index contributed by atoms with van der Waals surface area (Å²) in [5, 5.41) is 2.87. The molecule has 1 amide bonds. The lowest BCUT2D eigenvalue weighted by Gasteiger charge is -2.12. The Kier molecular flexibility index (Phi) is 6.12. The Bertz CT molecular complexity index is 931. The van der Waals surface area contributed by atoms with Crippen molar-refractivity contribution in [1.29, 1.82) is 0 Å². The topological polar surface area (TPSA) is 69.7 Å². The molecule has 0 saturated heterocycles. The zero-order valence-corrected chi connectivity index (χ0v) is 16.9. The third-order valence-electron chi connectivity index (χ3n) is 3.72. The summed E-state index contributed by atoms with van der Waals surface area (Å²) in [6, 6.07) is 14.1. The molecule has 0 aliphatic heterocycles. The van der Waals surface area contributed by atoms with Gasteiger partial charge in [-0.2, -0.15) is 0 Å². The summed E-state index contributed by atoms with van der Waals surface area (Å²) < 4.78 is 17.0. The van der Waals surface area contributed by atoms with Crippen LogP contribution in [0.25, 0.3) is 0 Å². The van der Waals surface area contributed by atoms with E-state index in [1.165, 1.54) is 7.11 Å². The summed E-state index contributed by atoms with van der Waals surface area (Å²) in [7, 11) is 3.09. The minimum absolute atomic E-state index is 0.233. The molecule has 3 aromatic rings. The van der Waals surface area contributed by atoms with Crippen molar-refractivity contribution >= 4 is 34.2 Å². The van der Waals surface area contributed by atoms with E-state index in [4.69, 9.17) is 14.2 Å². The van der Waals surface area contributed by atoms with Gasteiger partial charge in [-0.3, -0.25) is 9.78 Å². The summed E-state index contributed by atoms with van der Waals surface area (Å²) in [6.07, 6.45) is 3.32. The van der Waals surface area contributed by atoms with Crippen LogP contribution in [0.3, 0.4) is 0 Å². The van der Waals surface area contributed by atoms with Crippen molar-refractivity contribution in [1.82, 2.24) is 4.98 Å². The Morgan fingerprint density at radius 3 is 2.15 bits per heavy atom. The minimum Gasteiger partial charge on any atom is -0.493 e. The van der Waals surface area contributed by atoms with Crippen LogP contribution in [0.2, 0.25) is 0 Å². The van der Waals surface area contributed by atoms with Gasteiger partial charge in [0.15, 0.2) is 11.5 Å². The number of amides is 1. The van der Waals surface area contributed by atoms with E-state index in [1.807, 2.05) is 0 Å². The van der Waals surface area contributed by atoms with E-state index in [0.29, 0.717) is 34.2 Å². The van der Waals surface area contributed by atoms with E-state index in [2.05, 4.69) is 32.9 Å². The molecule has 0 radical (unpaired) electrons. The van der Waals surface area contributed by atoms with Gasteiger partial charge in [0.25, 0.3) is 5.91 Å². The van der Waals surface area contributed by atoms with Gasteiger partial charge in [-0.25, -0.2) is 0 Å². The van der Waals surface area contributed by atoms with Gasteiger partial charge < -0.3 is 19.5 Å². The van der Waals surface area contributed by atoms with E-state index in [1.54, 1.807) is 68.0 Å². The second-order valence-electron chi connectivity index (χ2n) is 5.45. The van der Waals surface area contributed by atoms with Crippen LogP contribution in [0, 0.1) is 3.57 Å². The number of aromatic nitrogens is 1. The molecule has 0 aliphatic rings. The Balaban J connectivity index is 1.73. The number of nitrogens with zero attached hydrogens (tertiary/aromatic N) is 1. The lowest BCUT2D eigenvalue weighted by Crippen LogP contribution is -2.13. The molecule has 0 unspecified atom stereocenters. The lowest BCUT2D eigenvalue weighted by atomic mass is 10.2. The average molecular weight is 476 g/mol. The van der Waals surface area contributed by atoms with Gasteiger partial charge in [-0.15, -0.1) is 0 Å². The van der Waals surface area contributed by atoms with Crippen LogP contribution in [0.5, 0.6) is 23.0 Å². The van der Waals surface area contributed by atoms with Gasteiger partial charge in [-0.1, -0.05) is 0 Å². The zero-order valence-electron chi connectivity index (χ0n) is 14.7. The lowest BCUT2D eigenvalue weighted by molar-refractivity contribution is 0.102. The number of methoxy groups -OCH3 is 2. The van der Waals surface area contributed by atoms with Crippen molar-refractivity contribution in [2.24, 2.45) is 0 Å². The Labute approximate surface area is 170 Å². The number of anilines is 1. The number of pyridine rings is 1. The number of carbonyl (C=O) groups excluding carboxylic acids is 1. The highest BCUT2D eigenvalue weighted by molar-refractivity contribution is 14.1. The largest absolute Gasteiger partial charge is 0.493 e. The van der Waals surface area contributed by atoms with E-state index in [9.17, 15) is 4.79 Å². The molecule has 138 valence electrons. The molecule has 0 aliphatic carbocycles. The third kappa shape index (κ3) is 4.68. The second kappa shape index (κ2) is 8.72. The van der Waals surface area contributed by atoms with Crippen molar-refractivity contribution in [2.45, 2.75) is 0 Å². The first-order valence-electron chi connectivity index (χ1n) is 8.01. The molecular formula is C20H17IN2O4. The predicted molar refractivity (Wildman–Crippen MR) is 111 cm³/mol. The molecule has 0 saturated carbocycles. The summed E-state index contributed by atoms with van der Waals surface area (Å²) in [5.41, 5.74) is 1.16. The molecule has 3 rings (SSSR count). The number of hydrogen-bond acceptors (Lipinski definition) is 5. The fourth-order valence-corrected chi connectivity index (χ4v) is 3.06. The van der Waals surface area contributed by atoms with Crippen molar-refractivity contribution in [2.75, 3.05) is 19.5 Å². The summed E-state index contributed by atoms with van der Waals surface area (Å²) in [4.78, 5) is 16.6. The summed E-state index contributed by atoms with van der Waals surface area (Å²) in [6.45, 7) is 0. The van der Waals surface area contributed by atoms with Crippen LogP contribution in [-0.2, 0) is 0 Å². The van der Waals surface area contributed by atoms with Gasteiger partial charge in [-0.05, 0) is 71.1 Å². The van der Waals surface area contributed by atoms with Gasteiger partial charge >= 0.3 is 0 Å². The smallest absolute Gasteiger partial charge is 0.256 e. The predicted octanol–water partition coefficient (Wildman–Crippen LogP) is 4.75. The molecular weight excluding hydrogens is 459 g/mol. The van der Waals surface area contributed by atoms with E-state index in [0.717, 1.165) is 3.57 Å². The molecule has 7 heteroatoms. The number of rotatable bonds is 6. The van der Waals surface area contributed by atoms with Gasteiger partial charge in [0.05, 0.1) is 19.8 Å². The van der Waals surface area contributed by atoms with Crippen LogP contribution in [0.15, 0.2) is 60.9 Å². The zero-order chi connectivity index (χ0) is 19.2. The van der Waals surface area contributed by atoms with Gasteiger partial charge in [0.2, 0.25) is 0 Å². The van der Waals surface area contributed by atoms with Crippen molar-refractivity contribution in [3.05, 3.63) is 70.1 Å². The maximum absolute atomic E-state index is 12.6. The normalized spacial score (nSPS) is 10.2. The number of carbonyl (C=O) groups is 1. The van der Waals surface area contributed by atoms with Crippen LogP contribution in [0.1, 0.15) is 10.4 Å². The SMILES string of the molecule is COc1cc(I)c(C(=O)Nc2ccc(Oc3ccncc3)cc2)cc1OC. The fraction of sp³-hybridized carbons (Fsp3) is 0.100. The minimum atomic E-state index is -0.233. The highest BCUT2D eigenvalue weighted by Gasteiger charge is 2.15. The van der Waals surface area contributed by atoms with Crippen LogP contribution < -0.4 is 19.5 Å². The number of ether oxygens (including phenoxy) is 3. The Morgan fingerprint density at radius 2 is 1.52 bits per heavy atom. The van der Waals surface area contributed by atoms with E-state index in [-0.39, 0.29) is 5.91 Å². The third-order valence-corrected chi connectivity index (χ3v) is 4.61. The first-order chi connectivity index (χ1) is 13.1. The quantitative estimate of drug-likeness (QED) is 0.521. The maximum atomic E-state index is 12.6. The van der Waals surface area contributed by atoms with Crippen molar-refractivity contribution in [3.8, 4) is 23.0 Å². The number of benzene rings is 2. The molecule has 6 nitrogen and oxygen atoms in total.